The van der Waals surface area contributed by atoms with Crippen LogP contribution in [0.15, 0.2) is 30.3 Å². The first-order chi connectivity index (χ1) is 7.43. The average Bonchev–Trinajstić information content (AvgIpc) is 2.29. The molecule has 0 heterocycles. The van der Waals surface area contributed by atoms with Gasteiger partial charge in [-0.25, -0.2) is 0 Å². The van der Waals surface area contributed by atoms with Crippen LogP contribution in [0, 0.1) is 0 Å². The molecule has 0 aromatic heterocycles. The molecule has 1 aromatic carbocycles. The summed E-state index contributed by atoms with van der Waals surface area (Å²) in [4.78, 5) is 0. The number of methoxy groups -OCH3 is 1. The van der Waals surface area contributed by atoms with E-state index in [-0.39, 0.29) is 0 Å². The van der Waals surface area contributed by atoms with Gasteiger partial charge in [0, 0.05) is 13.7 Å². The second-order valence-corrected chi connectivity index (χ2v) is 3.55. The van der Waals surface area contributed by atoms with Crippen LogP contribution in [0.25, 0.3) is 0 Å². The first-order valence-electron chi connectivity index (χ1n) is 5.54. The van der Waals surface area contributed by atoms with Crippen LogP contribution in [0.4, 0.5) is 0 Å². The molecule has 0 aliphatic carbocycles. The van der Waals surface area contributed by atoms with Crippen molar-refractivity contribution in [1.82, 2.24) is 0 Å². The van der Waals surface area contributed by atoms with Crippen LogP contribution in [-0.2, 0) is 15.9 Å². The van der Waals surface area contributed by atoms with E-state index in [9.17, 15) is 0 Å². The predicted octanol–water partition coefficient (Wildman–Crippen LogP) is 2.67. The maximum absolute atomic E-state index is 5.39. The minimum atomic E-state index is 0.693. The number of aryl methyl sites for hydroxylation is 1. The Kier molecular flexibility index (Phi) is 6.88. The number of unbranched alkanes of at least 4 members (excludes halogenated alkanes) is 1. The zero-order valence-corrected chi connectivity index (χ0v) is 9.45. The number of hydrogen-bond donors (Lipinski definition) is 0. The Labute approximate surface area is 92.2 Å². The second-order valence-electron chi connectivity index (χ2n) is 3.55. The number of hydrogen-bond acceptors (Lipinski definition) is 2. The van der Waals surface area contributed by atoms with Gasteiger partial charge in [0.25, 0.3) is 0 Å². The maximum Gasteiger partial charge on any atom is 0.0700 e. The Hall–Kier alpha value is -0.860. The maximum atomic E-state index is 5.39. The lowest BCUT2D eigenvalue weighted by atomic mass is 10.1. The van der Waals surface area contributed by atoms with Crippen LogP contribution in [0.5, 0.6) is 0 Å². The first-order valence-corrected chi connectivity index (χ1v) is 5.54. The third kappa shape index (κ3) is 6.26. The highest BCUT2D eigenvalue weighted by atomic mass is 16.5. The van der Waals surface area contributed by atoms with Gasteiger partial charge in [-0.05, 0) is 24.8 Å². The van der Waals surface area contributed by atoms with Crippen molar-refractivity contribution in [3.8, 4) is 0 Å². The molecule has 0 unspecified atom stereocenters. The van der Waals surface area contributed by atoms with Crippen LogP contribution < -0.4 is 0 Å². The molecule has 2 heteroatoms. The summed E-state index contributed by atoms with van der Waals surface area (Å²) < 4.78 is 10.3. The van der Waals surface area contributed by atoms with Crippen molar-refractivity contribution >= 4 is 0 Å². The van der Waals surface area contributed by atoms with Gasteiger partial charge in [0.15, 0.2) is 0 Å². The Bertz CT molecular complexity index is 234. The smallest absolute Gasteiger partial charge is 0.0700 e. The molecule has 0 N–H and O–H groups in total. The lowest BCUT2D eigenvalue weighted by Gasteiger charge is -2.03. The monoisotopic (exact) mass is 208 g/mol. The highest BCUT2D eigenvalue weighted by Gasteiger charge is 1.92. The Morgan fingerprint density at radius 1 is 0.933 bits per heavy atom. The van der Waals surface area contributed by atoms with E-state index in [0.717, 1.165) is 19.4 Å². The van der Waals surface area contributed by atoms with Gasteiger partial charge in [-0.2, -0.15) is 0 Å². The van der Waals surface area contributed by atoms with Gasteiger partial charge >= 0.3 is 0 Å². The highest BCUT2D eigenvalue weighted by Crippen LogP contribution is 2.04. The summed E-state index contributed by atoms with van der Waals surface area (Å²) in [5.41, 5.74) is 1.41. The largest absolute Gasteiger partial charge is 0.382 e. The van der Waals surface area contributed by atoms with E-state index >= 15 is 0 Å². The fourth-order valence-electron chi connectivity index (χ4n) is 1.42. The number of benzene rings is 1. The van der Waals surface area contributed by atoms with Crippen molar-refractivity contribution < 1.29 is 9.47 Å². The molecule has 0 saturated heterocycles. The minimum absolute atomic E-state index is 0.693. The Morgan fingerprint density at radius 3 is 2.47 bits per heavy atom. The highest BCUT2D eigenvalue weighted by molar-refractivity contribution is 5.14. The summed E-state index contributed by atoms with van der Waals surface area (Å²) >= 11 is 0. The molecular formula is C13H20O2. The van der Waals surface area contributed by atoms with Crippen molar-refractivity contribution in [3.05, 3.63) is 35.9 Å². The molecule has 1 rings (SSSR count). The van der Waals surface area contributed by atoms with Gasteiger partial charge < -0.3 is 9.47 Å². The van der Waals surface area contributed by atoms with E-state index < -0.39 is 0 Å². The molecule has 2 nitrogen and oxygen atoms in total. The van der Waals surface area contributed by atoms with Crippen molar-refractivity contribution in [2.75, 3.05) is 26.9 Å². The summed E-state index contributed by atoms with van der Waals surface area (Å²) in [6.45, 7) is 2.25. The minimum Gasteiger partial charge on any atom is -0.382 e. The molecule has 84 valence electrons. The molecule has 0 amide bonds. The lowest BCUT2D eigenvalue weighted by molar-refractivity contribution is 0.0688. The summed E-state index contributed by atoms with van der Waals surface area (Å²) in [6.07, 6.45) is 3.46. The van der Waals surface area contributed by atoms with Crippen LogP contribution in [0.2, 0.25) is 0 Å². The molecule has 0 aliphatic rings. The van der Waals surface area contributed by atoms with Crippen molar-refractivity contribution in [3.63, 3.8) is 0 Å². The average molecular weight is 208 g/mol. The molecule has 0 fully saturated rings. The fourth-order valence-corrected chi connectivity index (χ4v) is 1.42. The summed E-state index contributed by atoms with van der Waals surface area (Å²) in [7, 11) is 1.69. The molecule has 0 aliphatic heterocycles. The van der Waals surface area contributed by atoms with E-state index in [1.807, 2.05) is 0 Å². The summed E-state index contributed by atoms with van der Waals surface area (Å²) in [5.74, 6) is 0. The Balaban J connectivity index is 1.93. The number of ether oxygens (including phenoxy) is 2. The van der Waals surface area contributed by atoms with Crippen molar-refractivity contribution in [1.29, 1.82) is 0 Å². The van der Waals surface area contributed by atoms with E-state index in [4.69, 9.17) is 9.47 Å². The SMILES string of the molecule is COCCOCCCCc1ccccc1. The normalized spacial score (nSPS) is 10.5. The summed E-state index contributed by atoms with van der Waals surface area (Å²) in [5, 5.41) is 0. The van der Waals surface area contributed by atoms with Gasteiger partial charge in [-0.3, -0.25) is 0 Å². The van der Waals surface area contributed by atoms with E-state index in [1.165, 1.54) is 12.0 Å². The van der Waals surface area contributed by atoms with Gasteiger partial charge in [-0.1, -0.05) is 30.3 Å². The molecule has 0 spiro atoms. The zero-order valence-electron chi connectivity index (χ0n) is 9.45. The quantitative estimate of drug-likeness (QED) is 0.611. The lowest BCUT2D eigenvalue weighted by Crippen LogP contribution is -2.03. The van der Waals surface area contributed by atoms with Gasteiger partial charge in [0.05, 0.1) is 13.2 Å². The summed E-state index contributed by atoms with van der Waals surface area (Å²) in [6, 6.07) is 10.6. The van der Waals surface area contributed by atoms with Crippen LogP contribution in [0.3, 0.4) is 0 Å². The topological polar surface area (TPSA) is 18.5 Å². The van der Waals surface area contributed by atoms with Crippen LogP contribution >= 0.6 is 0 Å². The van der Waals surface area contributed by atoms with Crippen molar-refractivity contribution in [2.24, 2.45) is 0 Å². The predicted molar refractivity (Wildman–Crippen MR) is 62.1 cm³/mol. The van der Waals surface area contributed by atoms with E-state index in [0.29, 0.717) is 13.2 Å². The van der Waals surface area contributed by atoms with Gasteiger partial charge in [0.2, 0.25) is 0 Å². The van der Waals surface area contributed by atoms with E-state index in [2.05, 4.69) is 30.3 Å². The van der Waals surface area contributed by atoms with Crippen LogP contribution in [0.1, 0.15) is 18.4 Å². The van der Waals surface area contributed by atoms with E-state index in [1.54, 1.807) is 7.11 Å². The third-order valence-electron chi connectivity index (χ3n) is 2.28. The third-order valence-corrected chi connectivity index (χ3v) is 2.28. The Morgan fingerprint density at radius 2 is 1.73 bits per heavy atom. The molecule has 1 aromatic rings. The first kappa shape index (κ1) is 12.2. The zero-order chi connectivity index (χ0) is 10.8. The van der Waals surface area contributed by atoms with Gasteiger partial charge in [0.1, 0.15) is 0 Å². The van der Waals surface area contributed by atoms with Crippen LogP contribution in [-0.4, -0.2) is 26.9 Å². The molecular weight excluding hydrogens is 188 g/mol. The molecule has 0 atom stereocenters. The standard InChI is InChI=1S/C13H20O2/c1-14-11-12-15-10-6-5-9-13-7-3-2-4-8-13/h2-4,7-8H,5-6,9-12H2,1H3. The molecule has 15 heavy (non-hydrogen) atoms. The van der Waals surface area contributed by atoms with Crippen molar-refractivity contribution in [2.45, 2.75) is 19.3 Å². The molecule has 0 radical (unpaired) electrons. The fraction of sp³-hybridized carbons (Fsp3) is 0.538. The number of rotatable bonds is 8. The van der Waals surface area contributed by atoms with Gasteiger partial charge in [-0.15, -0.1) is 0 Å². The second kappa shape index (κ2) is 8.45. The molecule has 0 bridgehead atoms. The molecule has 0 saturated carbocycles.